The van der Waals surface area contributed by atoms with Gasteiger partial charge in [0.2, 0.25) is 11.8 Å². The van der Waals surface area contributed by atoms with E-state index in [0.29, 0.717) is 18.8 Å². The minimum Gasteiger partial charge on any atom is -0.342 e. The van der Waals surface area contributed by atoms with Crippen LogP contribution in [0.5, 0.6) is 0 Å². The molecule has 7 heteroatoms. The second kappa shape index (κ2) is 7.99. The monoisotopic (exact) mass is 401 g/mol. The number of aromatic nitrogens is 1. The van der Waals surface area contributed by atoms with E-state index in [1.165, 1.54) is 12.1 Å². The number of thiazole rings is 1. The van der Waals surface area contributed by atoms with Crippen molar-refractivity contribution in [1.82, 2.24) is 9.88 Å². The molecule has 1 saturated carbocycles. The average molecular weight is 402 g/mol. The van der Waals surface area contributed by atoms with Gasteiger partial charge in [-0.1, -0.05) is 0 Å². The molecule has 1 saturated heterocycles. The second-order valence-corrected chi connectivity index (χ2v) is 8.72. The van der Waals surface area contributed by atoms with Crippen molar-refractivity contribution in [2.24, 2.45) is 11.8 Å². The first-order chi connectivity index (χ1) is 13.5. The molecule has 1 aromatic heterocycles. The molecule has 4 rings (SSSR count). The Labute approximate surface area is 168 Å². The molecule has 0 N–H and O–H groups in total. The molecule has 2 heterocycles. The summed E-state index contributed by atoms with van der Waals surface area (Å²) in [5.74, 6) is -0.229. The molecule has 28 heavy (non-hydrogen) atoms. The zero-order chi connectivity index (χ0) is 19.7. The summed E-state index contributed by atoms with van der Waals surface area (Å²) in [5.41, 5.74) is 1.48. The summed E-state index contributed by atoms with van der Waals surface area (Å²) in [6, 6.07) is 5.99. The number of carbonyl (C=O) groups is 2. The summed E-state index contributed by atoms with van der Waals surface area (Å²) >= 11 is 1.54. The molecule has 2 aliphatic rings. The normalized spacial score (nSPS) is 19.5. The Hall–Kier alpha value is -2.28. The Morgan fingerprint density at radius 1 is 1.21 bits per heavy atom. The van der Waals surface area contributed by atoms with Crippen LogP contribution in [0, 0.1) is 24.6 Å². The lowest BCUT2D eigenvalue weighted by atomic mass is 9.95. The van der Waals surface area contributed by atoms with E-state index >= 15 is 0 Å². The standard InChI is InChI=1S/C21H24FN3O2S/c1-14-23-18(13-28-14)12-25(19-8-6-17(22)7-9-19)21(27)16-3-2-10-24(11-16)20(26)15-4-5-15/h6-9,13,15-16H,2-5,10-12H2,1H3. The highest BCUT2D eigenvalue weighted by molar-refractivity contribution is 7.09. The first kappa shape index (κ1) is 19.1. The predicted molar refractivity (Wildman–Crippen MR) is 106 cm³/mol. The van der Waals surface area contributed by atoms with E-state index in [9.17, 15) is 14.0 Å². The summed E-state index contributed by atoms with van der Waals surface area (Å²) in [7, 11) is 0. The molecule has 1 aliphatic heterocycles. The van der Waals surface area contributed by atoms with Crippen molar-refractivity contribution in [3.05, 3.63) is 46.2 Å². The highest BCUT2D eigenvalue weighted by Crippen LogP contribution is 2.33. The highest BCUT2D eigenvalue weighted by atomic mass is 32.1. The van der Waals surface area contributed by atoms with Gasteiger partial charge in [-0.3, -0.25) is 9.59 Å². The molecule has 5 nitrogen and oxygen atoms in total. The molecule has 0 spiro atoms. The fourth-order valence-electron chi connectivity index (χ4n) is 3.75. The number of nitrogens with zero attached hydrogens (tertiary/aromatic N) is 3. The van der Waals surface area contributed by atoms with E-state index in [1.54, 1.807) is 28.4 Å². The number of hydrogen-bond donors (Lipinski definition) is 0. The lowest BCUT2D eigenvalue weighted by molar-refractivity contribution is -0.136. The van der Waals surface area contributed by atoms with Crippen molar-refractivity contribution >= 4 is 28.8 Å². The third kappa shape index (κ3) is 4.24. The maximum absolute atomic E-state index is 13.4. The largest absolute Gasteiger partial charge is 0.342 e. The quantitative estimate of drug-likeness (QED) is 0.766. The minimum absolute atomic E-state index is 0.0226. The molecule has 2 aromatic rings. The van der Waals surface area contributed by atoms with Gasteiger partial charge in [0.25, 0.3) is 0 Å². The van der Waals surface area contributed by atoms with Crippen LogP contribution >= 0.6 is 11.3 Å². The molecule has 2 amide bonds. The van der Waals surface area contributed by atoms with Gasteiger partial charge < -0.3 is 9.80 Å². The highest BCUT2D eigenvalue weighted by Gasteiger charge is 2.37. The Balaban J connectivity index is 1.54. The molecule has 2 fully saturated rings. The lowest BCUT2D eigenvalue weighted by Gasteiger charge is -2.35. The topological polar surface area (TPSA) is 53.5 Å². The maximum Gasteiger partial charge on any atom is 0.232 e. The number of benzene rings is 1. The molecular weight excluding hydrogens is 377 g/mol. The second-order valence-electron chi connectivity index (χ2n) is 7.66. The predicted octanol–water partition coefficient (Wildman–Crippen LogP) is 3.77. The van der Waals surface area contributed by atoms with Crippen LogP contribution in [0.25, 0.3) is 0 Å². The summed E-state index contributed by atoms with van der Waals surface area (Å²) in [5, 5.41) is 2.89. The molecule has 1 aliphatic carbocycles. The fourth-order valence-corrected chi connectivity index (χ4v) is 4.35. The van der Waals surface area contributed by atoms with Gasteiger partial charge >= 0.3 is 0 Å². The summed E-state index contributed by atoms with van der Waals surface area (Å²) in [6.07, 6.45) is 3.54. The van der Waals surface area contributed by atoms with Crippen LogP contribution in [0.4, 0.5) is 10.1 Å². The Bertz CT molecular complexity index is 863. The first-order valence-electron chi connectivity index (χ1n) is 9.78. The SMILES string of the molecule is Cc1nc(CN(C(=O)C2CCCN(C(=O)C3CC3)C2)c2ccc(F)cc2)cs1. The van der Waals surface area contributed by atoms with Gasteiger partial charge in [0.15, 0.2) is 0 Å². The van der Waals surface area contributed by atoms with Crippen LogP contribution in [0.1, 0.15) is 36.4 Å². The van der Waals surface area contributed by atoms with Gasteiger partial charge in [0, 0.05) is 30.1 Å². The van der Waals surface area contributed by atoms with E-state index in [0.717, 1.165) is 42.9 Å². The number of carbonyl (C=O) groups excluding carboxylic acids is 2. The minimum atomic E-state index is -0.334. The number of hydrogen-bond acceptors (Lipinski definition) is 4. The van der Waals surface area contributed by atoms with Crippen LogP contribution in [-0.4, -0.2) is 34.8 Å². The van der Waals surface area contributed by atoms with Crippen molar-refractivity contribution < 1.29 is 14.0 Å². The van der Waals surface area contributed by atoms with Gasteiger partial charge in [0.05, 0.1) is 23.2 Å². The van der Waals surface area contributed by atoms with Gasteiger partial charge in [-0.25, -0.2) is 9.37 Å². The number of rotatable bonds is 5. The van der Waals surface area contributed by atoms with E-state index in [1.807, 2.05) is 17.2 Å². The van der Waals surface area contributed by atoms with Crippen LogP contribution in [0.2, 0.25) is 0 Å². The zero-order valence-electron chi connectivity index (χ0n) is 15.9. The molecule has 1 unspecified atom stereocenters. The first-order valence-corrected chi connectivity index (χ1v) is 10.7. The number of halogens is 1. The summed E-state index contributed by atoms with van der Waals surface area (Å²) in [4.78, 5) is 33.9. The van der Waals surface area contributed by atoms with Crippen molar-refractivity contribution in [3.63, 3.8) is 0 Å². The third-order valence-corrected chi connectivity index (χ3v) is 6.22. The smallest absolute Gasteiger partial charge is 0.232 e. The van der Waals surface area contributed by atoms with Crippen molar-refractivity contribution in [3.8, 4) is 0 Å². The number of piperidine rings is 1. The summed E-state index contributed by atoms with van der Waals surface area (Å²) in [6.45, 7) is 3.49. The average Bonchev–Trinajstić information content (AvgIpc) is 3.48. The molecular formula is C21H24FN3O2S. The number of amides is 2. The van der Waals surface area contributed by atoms with E-state index < -0.39 is 0 Å². The zero-order valence-corrected chi connectivity index (χ0v) is 16.8. The van der Waals surface area contributed by atoms with E-state index in [-0.39, 0.29) is 29.5 Å². The van der Waals surface area contributed by atoms with Crippen LogP contribution in [0.15, 0.2) is 29.6 Å². The Kier molecular flexibility index (Phi) is 5.44. The van der Waals surface area contributed by atoms with E-state index in [4.69, 9.17) is 0 Å². The number of aryl methyl sites for hydroxylation is 1. The summed E-state index contributed by atoms with van der Waals surface area (Å²) < 4.78 is 13.4. The Morgan fingerprint density at radius 3 is 2.61 bits per heavy atom. The van der Waals surface area contributed by atoms with Crippen LogP contribution < -0.4 is 4.90 Å². The Morgan fingerprint density at radius 2 is 1.96 bits per heavy atom. The van der Waals surface area contributed by atoms with Crippen molar-refractivity contribution in [1.29, 1.82) is 0 Å². The van der Waals surface area contributed by atoms with Crippen molar-refractivity contribution in [2.75, 3.05) is 18.0 Å². The fraction of sp³-hybridized carbons (Fsp3) is 0.476. The maximum atomic E-state index is 13.4. The van der Waals surface area contributed by atoms with Gasteiger partial charge in [-0.15, -0.1) is 11.3 Å². The molecule has 1 aromatic carbocycles. The molecule has 148 valence electrons. The number of anilines is 1. The van der Waals surface area contributed by atoms with Crippen LogP contribution in [0.3, 0.4) is 0 Å². The molecule has 0 bridgehead atoms. The third-order valence-electron chi connectivity index (χ3n) is 5.40. The van der Waals surface area contributed by atoms with Crippen LogP contribution in [-0.2, 0) is 16.1 Å². The molecule has 0 radical (unpaired) electrons. The molecule has 1 atom stereocenters. The number of likely N-dealkylation sites (tertiary alicyclic amines) is 1. The van der Waals surface area contributed by atoms with Gasteiger partial charge in [-0.05, 0) is 56.9 Å². The van der Waals surface area contributed by atoms with E-state index in [2.05, 4.69) is 4.98 Å². The van der Waals surface area contributed by atoms with Crippen molar-refractivity contribution in [2.45, 2.75) is 39.2 Å². The van der Waals surface area contributed by atoms with Gasteiger partial charge in [0.1, 0.15) is 5.82 Å². The lowest BCUT2D eigenvalue weighted by Crippen LogP contribution is -2.47. The van der Waals surface area contributed by atoms with Gasteiger partial charge in [-0.2, -0.15) is 0 Å².